The molecule has 1 fully saturated rings. The largest absolute Gasteiger partial charge is 0.493 e. The van der Waals surface area contributed by atoms with Crippen molar-refractivity contribution < 1.29 is 23.8 Å². The predicted octanol–water partition coefficient (Wildman–Crippen LogP) is 4.50. The lowest BCUT2D eigenvalue weighted by Gasteiger charge is -2.39. The molecular formula is C24H30N2O5S. The van der Waals surface area contributed by atoms with Crippen molar-refractivity contribution in [3.05, 3.63) is 47.7 Å². The quantitative estimate of drug-likeness (QED) is 0.401. The van der Waals surface area contributed by atoms with E-state index in [-0.39, 0.29) is 12.5 Å². The van der Waals surface area contributed by atoms with Gasteiger partial charge in [0, 0.05) is 12.2 Å². The van der Waals surface area contributed by atoms with Gasteiger partial charge < -0.3 is 14.2 Å². The van der Waals surface area contributed by atoms with Crippen LogP contribution in [0.2, 0.25) is 0 Å². The molecule has 32 heavy (non-hydrogen) atoms. The van der Waals surface area contributed by atoms with Crippen LogP contribution >= 0.6 is 11.8 Å². The molecular weight excluding hydrogens is 428 g/mol. The Labute approximate surface area is 193 Å². The Balaban J connectivity index is 2.02. The van der Waals surface area contributed by atoms with Crippen LogP contribution in [0.15, 0.2) is 47.1 Å². The summed E-state index contributed by atoms with van der Waals surface area (Å²) in [6.07, 6.45) is 2.81. The summed E-state index contributed by atoms with van der Waals surface area (Å²) in [7, 11) is 1.57. The van der Waals surface area contributed by atoms with Gasteiger partial charge in [0.15, 0.2) is 16.7 Å². The molecule has 0 unspecified atom stereocenters. The number of methoxy groups -OCH3 is 1. The van der Waals surface area contributed by atoms with Crippen LogP contribution in [-0.4, -0.2) is 48.0 Å². The summed E-state index contributed by atoms with van der Waals surface area (Å²) in [5.74, 6) is 1.76. The molecule has 0 radical (unpaired) electrons. The zero-order valence-corrected chi connectivity index (χ0v) is 19.9. The van der Waals surface area contributed by atoms with Crippen molar-refractivity contribution in [1.82, 2.24) is 4.90 Å². The highest BCUT2D eigenvalue weighted by molar-refractivity contribution is 8.14. The summed E-state index contributed by atoms with van der Waals surface area (Å²) >= 11 is 1.51. The molecule has 0 saturated carbocycles. The van der Waals surface area contributed by atoms with Crippen LogP contribution in [0.3, 0.4) is 0 Å². The van der Waals surface area contributed by atoms with Crippen LogP contribution in [0.4, 0.5) is 0 Å². The minimum atomic E-state index is -0.654. The molecule has 1 saturated heterocycles. The fraction of sp³-hybridized carbons (Fsp3) is 0.458. The second kappa shape index (κ2) is 10.7. The zero-order valence-electron chi connectivity index (χ0n) is 19.1. The van der Waals surface area contributed by atoms with E-state index in [1.165, 1.54) is 17.8 Å². The summed E-state index contributed by atoms with van der Waals surface area (Å²) < 4.78 is 16.8. The van der Waals surface area contributed by atoms with Crippen LogP contribution in [0.1, 0.15) is 45.2 Å². The third-order valence-electron chi connectivity index (χ3n) is 5.22. The van der Waals surface area contributed by atoms with E-state index in [2.05, 4.69) is 25.4 Å². The van der Waals surface area contributed by atoms with E-state index in [9.17, 15) is 9.59 Å². The van der Waals surface area contributed by atoms with Gasteiger partial charge in [0.05, 0.1) is 31.0 Å². The summed E-state index contributed by atoms with van der Waals surface area (Å²) in [5, 5.41) is 0.597. The molecule has 2 aliphatic heterocycles. The lowest BCUT2D eigenvalue weighted by atomic mass is 9.93. The van der Waals surface area contributed by atoms with Crippen molar-refractivity contribution in [1.29, 1.82) is 0 Å². The molecule has 8 heteroatoms. The Morgan fingerprint density at radius 1 is 1.38 bits per heavy atom. The van der Waals surface area contributed by atoms with Gasteiger partial charge in [-0.15, -0.1) is 0 Å². The highest BCUT2D eigenvalue weighted by atomic mass is 32.2. The minimum Gasteiger partial charge on any atom is -0.493 e. The van der Waals surface area contributed by atoms with Gasteiger partial charge in [-0.2, -0.15) is 0 Å². The lowest BCUT2D eigenvalue weighted by molar-refractivity contribution is -0.139. The molecule has 7 nitrogen and oxygen atoms in total. The number of ether oxygens (including phenoxy) is 3. The molecule has 2 heterocycles. The molecule has 2 aliphatic rings. The molecule has 0 aliphatic carbocycles. The Morgan fingerprint density at radius 3 is 2.84 bits per heavy atom. The third kappa shape index (κ3) is 5.18. The van der Waals surface area contributed by atoms with Gasteiger partial charge in [-0.1, -0.05) is 44.3 Å². The molecule has 3 rings (SSSR count). The van der Waals surface area contributed by atoms with Crippen LogP contribution in [0.5, 0.6) is 11.5 Å². The normalized spacial score (nSPS) is 18.3. The first-order valence-electron chi connectivity index (χ1n) is 10.7. The maximum absolute atomic E-state index is 13.0. The molecule has 0 bridgehead atoms. The molecule has 1 aromatic rings. The average Bonchev–Trinajstić information content (AvgIpc) is 2.76. The second-order valence-corrected chi connectivity index (χ2v) is 9.05. The van der Waals surface area contributed by atoms with E-state index in [0.29, 0.717) is 52.6 Å². The number of allylic oxidation sites excluding steroid dienone is 1. The maximum Gasteiger partial charge on any atom is 0.338 e. The molecule has 0 aromatic heterocycles. The van der Waals surface area contributed by atoms with Crippen molar-refractivity contribution in [2.45, 2.75) is 39.7 Å². The van der Waals surface area contributed by atoms with Crippen molar-refractivity contribution >= 4 is 28.8 Å². The van der Waals surface area contributed by atoms with E-state index in [4.69, 9.17) is 14.2 Å². The lowest BCUT2D eigenvalue weighted by Crippen LogP contribution is -2.45. The minimum absolute atomic E-state index is 0.0769. The molecule has 0 spiro atoms. The van der Waals surface area contributed by atoms with E-state index >= 15 is 0 Å². The van der Waals surface area contributed by atoms with Crippen LogP contribution in [0.25, 0.3) is 0 Å². The van der Waals surface area contributed by atoms with Gasteiger partial charge in [-0.3, -0.25) is 9.69 Å². The number of carbonyl (C=O) groups excluding carboxylic acids is 2. The Hall–Kier alpha value is -2.74. The first-order valence-corrected chi connectivity index (χ1v) is 11.7. The smallest absolute Gasteiger partial charge is 0.338 e. The number of thioether (sulfide) groups is 1. The first-order chi connectivity index (χ1) is 15.4. The Kier molecular flexibility index (Phi) is 8.01. The number of fused-ring (bicyclic) bond motifs is 1. The van der Waals surface area contributed by atoms with Crippen LogP contribution < -0.4 is 9.47 Å². The van der Waals surface area contributed by atoms with Gasteiger partial charge in [0.2, 0.25) is 5.91 Å². The number of rotatable bonds is 9. The number of hydrogen-bond donors (Lipinski definition) is 0. The van der Waals surface area contributed by atoms with Gasteiger partial charge in [0.1, 0.15) is 6.61 Å². The summed E-state index contributed by atoms with van der Waals surface area (Å²) in [4.78, 5) is 32.0. The monoisotopic (exact) mass is 458 g/mol. The van der Waals surface area contributed by atoms with Crippen molar-refractivity contribution in [2.75, 3.05) is 26.1 Å². The van der Waals surface area contributed by atoms with Crippen molar-refractivity contribution in [3.8, 4) is 11.5 Å². The number of aliphatic imine (C=N–C) groups is 1. The zero-order chi connectivity index (χ0) is 23.3. The standard InChI is InChI=1S/C24H30N2O5S/c1-6-11-31-23(28)21-16(4)25-24-26(20(27)10-13-32-24)22(21)17-7-8-18(19(14-17)29-5)30-12-9-15(2)3/h6-8,14-15,22H,1,9-13H2,2-5H3/t22-/m1/s1. The number of benzene rings is 1. The van der Waals surface area contributed by atoms with E-state index in [1.54, 1.807) is 18.9 Å². The van der Waals surface area contributed by atoms with E-state index < -0.39 is 12.0 Å². The number of hydrogen-bond acceptors (Lipinski definition) is 7. The second-order valence-electron chi connectivity index (χ2n) is 7.99. The van der Waals surface area contributed by atoms with Crippen LogP contribution in [0, 0.1) is 5.92 Å². The van der Waals surface area contributed by atoms with Crippen molar-refractivity contribution in [3.63, 3.8) is 0 Å². The Bertz CT molecular complexity index is 954. The maximum atomic E-state index is 13.0. The fourth-order valence-electron chi connectivity index (χ4n) is 3.56. The molecule has 1 amide bonds. The predicted molar refractivity (Wildman–Crippen MR) is 126 cm³/mol. The molecule has 1 aromatic carbocycles. The summed E-state index contributed by atoms with van der Waals surface area (Å²) in [5.41, 5.74) is 1.60. The highest BCUT2D eigenvalue weighted by Gasteiger charge is 2.41. The SMILES string of the molecule is C=CCOC(=O)C1=C(C)N=C2SCCC(=O)N2[C@@H]1c1ccc(OCCC(C)C)c(OC)c1. The van der Waals surface area contributed by atoms with Crippen molar-refractivity contribution in [2.24, 2.45) is 10.9 Å². The number of nitrogens with zero attached hydrogens (tertiary/aromatic N) is 2. The van der Waals surface area contributed by atoms with Gasteiger partial charge >= 0.3 is 5.97 Å². The van der Waals surface area contributed by atoms with Gasteiger partial charge in [-0.05, 0) is 37.0 Å². The first kappa shape index (κ1) is 23.9. The van der Waals surface area contributed by atoms with E-state index in [0.717, 1.165) is 12.0 Å². The number of amides is 1. The van der Waals surface area contributed by atoms with Gasteiger partial charge in [-0.25, -0.2) is 9.79 Å². The highest BCUT2D eigenvalue weighted by Crippen LogP contribution is 2.42. The Morgan fingerprint density at radius 2 is 2.16 bits per heavy atom. The van der Waals surface area contributed by atoms with E-state index in [1.807, 2.05) is 18.2 Å². The molecule has 1 atom stereocenters. The topological polar surface area (TPSA) is 77.4 Å². The van der Waals surface area contributed by atoms with Gasteiger partial charge in [0.25, 0.3) is 0 Å². The molecule has 172 valence electrons. The average molecular weight is 459 g/mol. The fourth-order valence-corrected chi connectivity index (χ4v) is 4.57. The van der Waals surface area contributed by atoms with Crippen LogP contribution in [-0.2, 0) is 14.3 Å². The number of amidine groups is 1. The summed E-state index contributed by atoms with van der Waals surface area (Å²) in [6, 6.07) is 4.85. The summed E-state index contributed by atoms with van der Waals surface area (Å²) in [6.45, 7) is 10.3. The molecule has 0 N–H and O–H groups in total. The number of carbonyl (C=O) groups is 2. The third-order valence-corrected chi connectivity index (χ3v) is 6.17. The number of esters is 1.